The van der Waals surface area contributed by atoms with E-state index in [1.54, 1.807) is 38.1 Å². The van der Waals surface area contributed by atoms with E-state index in [-0.39, 0.29) is 19.1 Å². The van der Waals surface area contributed by atoms with Gasteiger partial charge in [-0.05, 0) is 99.0 Å². The Morgan fingerprint density at radius 1 is 1.00 bits per heavy atom. The van der Waals surface area contributed by atoms with Crippen molar-refractivity contribution in [2.24, 2.45) is 0 Å². The number of ether oxygens (including phenoxy) is 2. The fraction of sp³-hybridized carbons (Fsp3) is 0.273. The molecular formula is C33H34N4O6. The lowest BCUT2D eigenvalue weighted by Crippen LogP contribution is -2.26. The summed E-state index contributed by atoms with van der Waals surface area (Å²) in [4.78, 5) is 27.7. The van der Waals surface area contributed by atoms with Crippen molar-refractivity contribution in [1.29, 1.82) is 5.26 Å². The zero-order valence-corrected chi connectivity index (χ0v) is 24.3. The Bertz CT molecular complexity index is 1590. The first-order valence-electron chi connectivity index (χ1n) is 13.9. The normalized spacial score (nSPS) is 10.7. The quantitative estimate of drug-likeness (QED) is 0.160. The largest absolute Gasteiger partial charge is 0.493 e. The van der Waals surface area contributed by atoms with E-state index in [9.17, 15) is 9.59 Å². The van der Waals surface area contributed by atoms with Gasteiger partial charge in [-0.15, -0.1) is 0 Å². The van der Waals surface area contributed by atoms with E-state index < -0.39 is 12.1 Å². The van der Waals surface area contributed by atoms with E-state index in [4.69, 9.17) is 24.3 Å². The van der Waals surface area contributed by atoms with Gasteiger partial charge in [-0.2, -0.15) is 5.26 Å². The molecule has 1 aromatic heterocycles. The summed E-state index contributed by atoms with van der Waals surface area (Å²) in [5.41, 5.74) is 5.58. The Kier molecular flexibility index (Phi) is 10.4. The van der Waals surface area contributed by atoms with Crippen molar-refractivity contribution in [2.45, 2.75) is 52.7 Å². The molecule has 4 aromatic rings. The van der Waals surface area contributed by atoms with Crippen LogP contribution < -0.4 is 15.4 Å². The average Bonchev–Trinajstić information content (AvgIpc) is 3.36. The van der Waals surface area contributed by atoms with E-state index in [1.165, 1.54) is 0 Å². The van der Waals surface area contributed by atoms with Crippen molar-refractivity contribution < 1.29 is 28.6 Å². The van der Waals surface area contributed by atoms with Gasteiger partial charge in [0, 0.05) is 36.3 Å². The minimum Gasteiger partial charge on any atom is -0.493 e. The average molecular weight is 583 g/mol. The second kappa shape index (κ2) is 14.5. The maximum atomic E-state index is 12.0. The second-order valence-corrected chi connectivity index (χ2v) is 10.1. The zero-order chi connectivity index (χ0) is 30.8. The molecule has 0 fully saturated rings. The molecule has 10 nitrogen and oxygen atoms in total. The van der Waals surface area contributed by atoms with Gasteiger partial charge in [0.15, 0.2) is 0 Å². The molecule has 0 aliphatic rings. The number of aromatic nitrogens is 1. The Morgan fingerprint density at radius 3 is 2.35 bits per heavy atom. The number of benzene rings is 3. The summed E-state index contributed by atoms with van der Waals surface area (Å²) in [7, 11) is 0. The van der Waals surface area contributed by atoms with Crippen LogP contribution >= 0.6 is 0 Å². The number of amides is 1. The van der Waals surface area contributed by atoms with Gasteiger partial charge < -0.3 is 29.6 Å². The van der Waals surface area contributed by atoms with Crippen LogP contribution in [0, 0.1) is 18.3 Å². The Hall–Kier alpha value is -5.30. The number of carboxylic acids is 1. The van der Waals surface area contributed by atoms with Crippen LogP contribution in [0.15, 0.2) is 71.1 Å². The monoisotopic (exact) mass is 582 g/mol. The molecule has 0 atom stereocenters. The third kappa shape index (κ3) is 9.10. The molecule has 222 valence electrons. The highest BCUT2D eigenvalue weighted by Gasteiger charge is 2.14. The molecule has 3 aromatic carbocycles. The molecule has 0 radical (unpaired) electrons. The van der Waals surface area contributed by atoms with Crippen molar-refractivity contribution in [3.8, 4) is 23.3 Å². The number of hydrogen-bond donors (Lipinski definition) is 3. The summed E-state index contributed by atoms with van der Waals surface area (Å²) in [5, 5.41) is 24.1. The summed E-state index contributed by atoms with van der Waals surface area (Å²) < 4.78 is 17.1. The van der Waals surface area contributed by atoms with Gasteiger partial charge in [-0.25, -0.2) is 9.78 Å². The highest BCUT2D eigenvalue weighted by Crippen LogP contribution is 2.26. The lowest BCUT2D eigenvalue weighted by atomic mass is 10.0. The second-order valence-electron chi connectivity index (χ2n) is 10.1. The number of carbonyl (C=O) groups excluding carboxylic acids is 1. The molecule has 0 saturated carbocycles. The van der Waals surface area contributed by atoms with E-state index in [0.29, 0.717) is 42.4 Å². The first-order valence-corrected chi connectivity index (χ1v) is 13.9. The van der Waals surface area contributed by atoms with Crippen LogP contribution in [0.3, 0.4) is 0 Å². The number of carbonyl (C=O) groups is 2. The number of alkyl carbamates (subject to hydrolysis) is 1. The maximum Gasteiger partial charge on any atom is 0.407 e. The van der Waals surface area contributed by atoms with Crippen molar-refractivity contribution in [2.75, 3.05) is 11.9 Å². The van der Waals surface area contributed by atoms with Crippen LogP contribution in [0.2, 0.25) is 0 Å². The molecule has 0 unspecified atom stereocenters. The third-order valence-corrected chi connectivity index (χ3v) is 6.49. The molecule has 0 aliphatic heterocycles. The third-order valence-electron chi connectivity index (χ3n) is 6.49. The molecule has 1 heterocycles. The number of nitrogens with one attached hydrogen (secondary N) is 2. The minimum absolute atomic E-state index is 0.0201. The Labute approximate surface area is 250 Å². The topological polar surface area (TPSA) is 147 Å². The molecule has 3 N–H and O–H groups in total. The number of hydrogen-bond acceptors (Lipinski definition) is 8. The standard InChI is InChI=1S/C33H34N4O6/c1-21(2)42-33(40)35-20-26-18-29(14-8-24(26)9-15-31(38)39)41-17-16-30-22(3)43-32(37-30)25-6-12-28(13-7-25)36-27-10-4-23(19-34)5-11-27/h4-8,10-14,18,21,36H,9,15-17,20H2,1-3H3,(H,35,40)(H,38,39). The van der Waals surface area contributed by atoms with E-state index in [2.05, 4.69) is 21.7 Å². The highest BCUT2D eigenvalue weighted by molar-refractivity contribution is 5.68. The summed E-state index contributed by atoms with van der Waals surface area (Å²) in [6.07, 6.45) is 0.0357. The predicted molar refractivity (Wildman–Crippen MR) is 161 cm³/mol. The number of carboxylic acid groups (broad SMARTS) is 1. The first-order chi connectivity index (χ1) is 20.7. The Balaban J connectivity index is 1.36. The Morgan fingerprint density at radius 2 is 1.70 bits per heavy atom. The molecule has 10 heteroatoms. The van der Waals surface area contributed by atoms with Gasteiger partial charge in [0.05, 0.1) is 30.0 Å². The minimum atomic E-state index is -0.892. The number of aliphatic carboxylic acids is 1. The molecule has 0 aliphatic carbocycles. The van der Waals surface area contributed by atoms with Gasteiger partial charge in [-0.3, -0.25) is 4.79 Å². The molecule has 0 spiro atoms. The van der Waals surface area contributed by atoms with Crippen LogP contribution in [0.25, 0.3) is 11.5 Å². The number of anilines is 2. The summed E-state index contributed by atoms with van der Waals surface area (Å²) in [6.45, 7) is 5.92. The number of nitrogens with zero attached hydrogens (tertiary/aromatic N) is 2. The lowest BCUT2D eigenvalue weighted by molar-refractivity contribution is -0.136. The van der Waals surface area contributed by atoms with Crippen LogP contribution in [-0.4, -0.2) is 34.9 Å². The molecule has 0 saturated heterocycles. The van der Waals surface area contributed by atoms with Gasteiger partial charge >= 0.3 is 12.1 Å². The molecule has 0 bridgehead atoms. The highest BCUT2D eigenvalue weighted by atomic mass is 16.6. The lowest BCUT2D eigenvalue weighted by Gasteiger charge is -2.14. The molecular weight excluding hydrogens is 548 g/mol. The van der Waals surface area contributed by atoms with E-state index in [0.717, 1.165) is 33.8 Å². The fourth-order valence-corrected chi connectivity index (χ4v) is 4.31. The smallest absolute Gasteiger partial charge is 0.407 e. The maximum absolute atomic E-state index is 12.0. The van der Waals surface area contributed by atoms with Gasteiger partial charge in [-0.1, -0.05) is 6.07 Å². The fourth-order valence-electron chi connectivity index (χ4n) is 4.31. The van der Waals surface area contributed by atoms with Crippen molar-refractivity contribution in [3.05, 3.63) is 94.9 Å². The summed E-state index contributed by atoms with van der Waals surface area (Å²) in [5.74, 6) is 0.925. The molecule has 4 rings (SSSR count). The van der Waals surface area contributed by atoms with Crippen LogP contribution in [0.4, 0.5) is 16.2 Å². The summed E-state index contributed by atoms with van der Waals surface area (Å²) >= 11 is 0. The van der Waals surface area contributed by atoms with Crippen LogP contribution in [0.5, 0.6) is 5.75 Å². The van der Waals surface area contributed by atoms with Crippen molar-refractivity contribution in [3.63, 3.8) is 0 Å². The number of rotatable bonds is 13. The van der Waals surface area contributed by atoms with Gasteiger partial charge in [0.1, 0.15) is 11.5 Å². The molecule has 1 amide bonds. The van der Waals surface area contributed by atoms with E-state index in [1.807, 2.05) is 49.4 Å². The first kappa shape index (κ1) is 30.7. The van der Waals surface area contributed by atoms with Crippen LogP contribution in [-0.2, 0) is 28.9 Å². The van der Waals surface area contributed by atoms with Crippen molar-refractivity contribution in [1.82, 2.24) is 10.3 Å². The summed E-state index contributed by atoms with van der Waals surface area (Å²) in [6, 6.07) is 22.5. The van der Waals surface area contributed by atoms with Gasteiger partial charge in [0.2, 0.25) is 5.89 Å². The van der Waals surface area contributed by atoms with Gasteiger partial charge in [0.25, 0.3) is 0 Å². The SMILES string of the molecule is Cc1oc(-c2ccc(Nc3ccc(C#N)cc3)cc2)nc1CCOc1ccc(CCC(=O)O)c(CNC(=O)OC(C)C)c1. The molecule has 43 heavy (non-hydrogen) atoms. The number of nitriles is 1. The van der Waals surface area contributed by atoms with E-state index >= 15 is 0 Å². The zero-order valence-electron chi connectivity index (χ0n) is 24.3. The predicted octanol–water partition coefficient (Wildman–Crippen LogP) is 6.54. The van der Waals surface area contributed by atoms with Crippen LogP contribution in [0.1, 0.15) is 48.4 Å². The number of aryl methyl sites for hydroxylation is 2. The number of oxazole rings is 1. The van der Waals surface area contributed by atoms with Crippen molar-refractivity contribution >= 4 is 23.4 Å².